The highest BCUT2D eigenvalue weighted by Gasteiger charge is 2.61. The van der Waals surface area contributed by atoms with Crippen molar-refractivity contribution in [3.8, 4) is 0 Å². The van der Waals surface area contributed by atoms with Crippen LogP contribution in [0.5, 0.6) is 0 Å². The number of carbonyl (C=O) groups excluding carboxylic acids is 1. The molecule has 0 saturated carbocycles. The molecule has 1 N–H and O–H groups in total. The summed E-state index contributed by atoms with van der Waals surface area (Å²) in [4.78, 5) is 10.9. The van der Waals surface area contributed by atoms with Crippen LogP contribution in [-0.4, -0.2) is 24.3 Å². The van der Waals surface area contributed by atoms with E-state index in [4.69, 9.17) is 0 Å². The highest BCUT2D eigenvalue weighted by atomic mass is 19.4. The largest absolute Gasteiger partial charge is 0.409 e. The summed E-state index contributed by atoms with van der Waals surface area (Å²) in [6, 6.07) is -0.736. The normalized spacial score (nSPS) is 15.1. The number of hydrogen-bond donors (Lipinski definition) is 1. The number of amides is 1. The standard InChI is InChI=1S/C8H11F6NO/c1-3-4(2)15-6(16)5(7(9,10)11)8(12,13)14/h4-5H,3H2,1-2H3,(H,15,16). The zero-order valence-corrected chi connectivity index (χ0v) is 8.54. The van der Waals surface area contributed by atoms with Gasteiger partial charge < -0.3 is 5.32 Å². The summed E-state index contributed by atoms with van der Waals surface area (Å²) < 4.78 is 72.2. The van der Waals surface area contributed by atoms with Crippen molar-refractivity contribution in [2.75, 3.05) is 0 Å². The Balaban J connectivity index is 4.87. The number of nitrogens with one attached hydrogen (secondary N) is 1. The number of carbonyl (C=O) groups is 1. The number of halogens is 6. The van der Waals surface area contributed by atoms with Crippen molar-refractivity contribution in [1.82, 2.24) is 5.32 Å². The van der Waals surface area contributed by atoms with Crippen LogP contribution in [0.15, 0.2) is 0 Å². The first kappa shape index (κ1) is 15.0. The van der Waals surface area contributed by atoms with E-state index in [0.717, 1.165) is 0 Å². The molecule has 1 atom stereocenters. The minimum atomic E-state index is -5.63. The van der Waals surface area contributed by atoms with Crippen LogP contribution in [0, 0.1) is 5.92 Å². The second-order valence-electron chi connectivity index (χ2n) is 3.33. The first-order valence-electron chi connectivity index (χ1n) is 4.44. The van der Waals surface area contributed by atoms with Crippen molar-refractivity contribution in [3.05, 3.63) is 0 Å². The van der Waals surface area contributed by atoms with E-state index in [9.17, 15) is 31.1 Å². The van der Waals surface area contributed by atoms with Crippen molar-refractivity contribution in [2.24, 2.45) is 5.92 Å². The Morgan fingerprint density at radius 3 is 1.75 bits per heavy atom. The Bertz CT molecular complexity index is 232. The Morgan fingerprint density at radius 2 is 1.50 bits per heavy atom. The molecule has 0 heterocycles. The average molecular weight is 251 g/mol. The van der Waals surface area contributed by atoms with Gasteiger partial charge in [-0.15, -0.1) is 0 Å². The molecule has 0 radical (unpaired) electrons. The topological polar surface area (TPSA) is 29.1 Å². The molecule has 0 aromatic carbocycles. The van der Waals surface area contributed by atoms with E-state index in [0.29, 0.717) is 0 Å². The van der Waals surface area contributed by atoms with Gasteiger partial charge in [0.1, 0.15) is 0 Å². The Kier molecular flexibility index (Phi) is 4.63. The molecule has 1 unspecified atom stereocenters. The van der Waals surface area contributed by atoms with E-state index < -0.39 is 30.2 Å². The summed E-state index contributed by atoms with van der Waals surface area (Å²) in [5, 5.41) is 1.66. The molecule has 0 aliphatic carbocycles. The molecule has 0 aromatic heterocycles. The fraction of sp³-hybridized carbons (Fsp3) is 0.875. The summed E-state index contributed by atoms with van der Waals surface area (Å²) in [6.45, 7) is 2.85. The molecule has 0 saturated heterocycles. The van der Waals surface area contributed by atoms with Crippen LogP contribution in [0.25, 0.3) is 0 Å². The van der Waals surface area contributed by atoms with Gasteiger partial charge in [0.2, 0.25) is 11.8 Å². The third-order valence-electron chi connectivity index (χ3n) is 1.92. The smallest absolute Gasteiger partial charge is 0.353 e. The number of alkyl halides is 6. The highest BCUT2D eigenvalue weighted by Crippen LogP contribution is 2.39. The van der Waals surface area contributed by atoms with Crippen LogP contribution in [0.1, 0.15) is 20.3 Å². The summed E-state index contributed by atoms with van der Waals surface area (Å²) in [5.41, 5.74) is 0. The van der Waals surface area contributed by atoms with Gasteiger partial charge in [-0.1, -0.05) is 6.92 Å². The molecule has 0 spiro atoms. The molecule has 16 heavy (non-hydrogen) atoms. The summed E-state index contributed by atoms with van der Waals surface area (Å²) in [5.74, 6) is -6.02. The minimum absolute atomic E-state index is 0.244. The molecule has 0 aliphatic heterocycles. The van der Waals surface area contributed by atoms with Crippen LogP contribution < -0.4 is 5.32 Å². The van der Waals surface area contributed by atoms with Gasteiger partial charge in [-0.2, -0.15) is 26.3 Å². The molecule has 1 amide bonds. The fourth-order valence-electron chi connectivity index (χ4n) is 0.911. The van der Waals surface area contributed by atoms with Crippen molar-refractivity contribution in [1.29, 1.82) is 0 Å². The van der Waals surface area contributed by atoms with E-state index in [-0.39, 0.29) is 6.42 Å². The van der Waals surface area contributed by atoms with E-state index in [1.54, 1.807) is 5.32 Å². The van der Waals surface area contributed by atoms with Gasteiger partial charge in [0.05, 0.1) is 0 Å². The SMILES string of the molecule is CCC(C)NC(=O)C(C(F)(F)F)C(F)(F)F. The first-order valence-corrected chi connectivity index (χ1v) is 4.44. The number of hydrogen-bond acceptors (Lipinski definition) is 1. The molecule has 0 rings (SSSR count). The molecule has 0 fully saturated rings. The van der Waals surface area contributed by atoms with Crippen molar-refractivity contribution in [3.63, 3.8) is 0 Å². The van der Waals surface area contributed by atoms with Crippen molar-refractivity contribution < 1.29 is 31.1 Å². The maximum atomic E-state index is 12.0. The van der Waals surface area contributed by atoms with E-state index in [2.05, 4.69) is 0 Å². The lowest BCUT2D eigenvalue weighted by Crippen LogP contribution is -2.49. The highest BCUT2D eigenvalue weighted by molar-refractivity contribution is 5.80. The van der Waals surface area contributed by atoms with Crippen LogP contribution >= 0.6 is 0 Å². The molecule has 96 valence electrons. The lowest BCUT2D eigenvalue weighted by Gasteiger charge is -2.23. The minimum Gasteiger partial charge on any atom is -0.353 e. The quantitative estimate of drug-likeness (QED) is 0.767. The molecular weight excluding hydrogens is 240 g/mol. The van der Waals surface area contributed by atoms with Crippen LogP contribution in [0.2, 0.25) is 0 Å². The lowest BCUT2D eigenvalue weighted by molar-refractivity contribution is -0.274. The Morgan fingerprint density at radius 1 is 1.12 bits per heavy atom. The van der Waals surface area contributed by atoms with Gasteiger partial charge in [-0.05, 0) is 13.3 Å². The summed E-state index contributed by atoms with van der Waals surface area (Å²) >= 11 is 0. The second kappa shape index (κ2) is 4.92. The number of rotatable bonds is 3. The van der Waals surface area contributed by atoms with Crippen LogP contribution in [-0.2, 0) is 4.79 Å². The van der Waals surface area contributed by atoms with Crippen LogP contribution in [0.4, 0.5) is 26.3 Å². The summed E-state index contributed by atoms with van der Waals surface area (Å²) in [7, 11) is 0. The van der Waals surface area contributed by atoms with E-state index in [1.165, 1.54) is 13.8 Å². The molecule has 0 aliphatic rings. The fourth-order valence-corrected chi connectivity index (χ4v) is 0.911. The molecule has 0 bridgehead atoms. The van der Waals surface area contributed by atoms with Gasteiger partial charge in [-0.3, -0.25) is 4.79 Å². The lowest BCUT2D eigenvalue weighted by atomic mass is 10.1. The van der Waals surface area contributed by atoms with E-state index in [1.807, 2.05) is 0 Å². The molecule has 2 nitrogen and oxygen atoms in total. The third-order valence-corrected chi connectivity index (χ3v) is 1.92. The molecular formula is C8H11F6NO. The third kappa shape index (κ3) is 4.28. The first-order chi connectivity index (χ1) is 7.00. The Hall–Kier alpha value is -0.950. The van der Waals surface area contributed by atoms with E-state index >= 15 is 0 Å². The van der Waals surface area contributed by atoms with Gasteiger partial charge in [0, 0.05) is 6.04 Å². The zero-order valence-electron chi connectivity index (χ0n) is 8.54. The van der Waals surface area contributed by atoms with Gasteiger partial charge in [0.25, 0.3) is 0 Å². The summed E-state index contributed by atoms with van der Waals surface area (Å²) in [6.07, 6.45) is -11.0. The maximum Gasteiger partial charge on any atom is 0.409 e. The van der Waals surface area contributed by atoms with Crippen molar-refractivity contribution in [2.45, 2.75) is 38.7 Å². The van der Waals surface area contributed by atoms with Crippen molar-refractivity contribution >= 4 is 5.91 Å². The molecule has 0 aromatic rings. The predicted molar refractivity (Wildman–Crippen MR) is 43.5 cm³/mol. The maximum absolute atomic E-state index is 12.0. The average Bonchev–Trinajstić information content (AvgIpc) is 1.97. The van der Waals surface area contributed by atoms with Gasteiger partial charge in [0.15, 0.2) is 0 Å². The van der Waals surface area contributed by atoms with Crippen LogP contribution in [0.3, 0.4) is 0 Å². The second-order valence-corrected chi connectivity index (χ2v) is 3.33. The molecule has 8 heteroatoms. The van der Waals surface area contributed by atoms with Gasteiger partial charge >= 0.3 is 12.4 Å². The zero-order chi connectivity index (χ0) is 13.1. The Labute approximate surface area is 88.0 Å². The van der Waals surface area contributed by atoms with Gasteiger partial charge in [-0.25, -0.2) is 0 Å². The monoisotopic (exact) mass is 251 g/mol. The predicted octanol–water partition coefficient (Wildman–Crippen LogP) is 2.64.